The lowest BCUT2D eigenvalue weighted by Crippen LogP contribution is -2.41. The van der Waals surface area contributed by atoms with Crippen molar-refractivity contribution in [3.63, 3.8) is 0 Å². The van der Waals surface area contributed by atoms with Crippen molar-refractivity contribution in [2.75, 3.05) is 0 Å². The van der Waals surface area contributed by atoms with E-state index >= 15 is 0 Å². The molecular weight excluding hydrogens is 254 g/mol. The summed E-state index contributed by atoms with van der Waals surface area (Å²) in [5, 5.41) is 3.22. The van der Waals surface area contributed by atoms with E-state index in [-0.39, 0.29) is 5.92 Å². The molecule has 2 fully saturated rings. The summed E-state index contributed by atoms with van der Waals surface area (Å²) in [6.07, 6.45) is 7.11. The van der Waals surface area contributed by atoms with Crippen molar-refractivity contribution in [1.29, 1.82) is 0 Å². The van der Waals surface area contributed by atoms with Crippen molar-refractivity contribution >= 4 is 21.8 Å². The van der Waals surface area contributed by atoms with E-state index in [0.29, 0.717) is 22.7 Å². The number of nitrogens with one attached hydrogen (secondary N) is 1. The molecule has 0 radical (unpaired) electrons. The first-order valence-corrected chi connectivity index (χ1v) is 7.04. The third kappa shape index (κ3) is 2.55. The Labute approximate surface area is 100 Å². The summed E-state index contributed by atoms with van der Waals surface area (Å²) >= 11 is 3.64. The highest BCUT2D eigenvalue weighted by Crippen LogP contribution is 2.32. The third-order valence-corrected chi connectivity index (χ3v) is 5.05. The first-order chi connectivity index (χ1) is 7.18. The molecule has 1 amide bonds. The molecule has 3 heteroatoms. The van der Waals surface area contributed by atoms with Crippen LogP contribution in [0.1, 0.15) is 45.4 Å². The summed E-state index contributed by atoms with van der Waals surface area (Å²) in [4.78, 5) is 12.5. The van der Waals surface area contributed by atoms with Gasteiger partial charge in [0.15, 0.2) is 0 Å². The van der Waals surface area contributed by atoms with E-state index in [1.54, 1.807) is 0 Å². The second-order valence-corrected chi connectivity index (χ2v) is 6.25. The number of hydrogen-bond donors (Lipinski definition) is 1. The Morgan fingerprint density at radius 1 is 1.20 bits per heavy atom. The van der Waals surface area contributed by atoms with Crippen molar-refractivity contribution in [3.8, 4) is 0 Å². The summed E-state index contributed by atoms with van der Waals surface area (Å²) in [6.45, 7) is 2.21. The Bertz CT molecular complexity index is 244. The first-order valence-electron chi connectivity index (χ1n) is 6.13. The largest absolute Gasteiger partial charge is 0.352 e. The minimum atomic E-state index is 0.283. The van der Waals surface area contributed by atoms with Crippen molar-refractivity contribution in [3.05, 3.63) is 0 Å². The van der Waals surface area contributed by atoms with E-state index in [1.807, 2.05) is 0 Å². The fourth-order valence-electron chi connectivity index (χ4n) is 2.90. The predicted octanol–water partition coefficient (Wildman–Crippen LogP) is 2.85. The number of halogens is 1. The van der Waals surface area contributed by atoms with Crippen molar-refractivity contribution < 1.29 is 4.79 Å². The zero-order valence-corrected chi connectivity index (χ0v) is 10.9. The number of hydrogen-bond acceptors (Lipinski definition) is 1. The molecule has 2 rings (SSSR count). The minimum Gasteiger partial charge on any atom is -0.352 e. The van der Waals surface area contributed by atoms with Crippen LogP contribution < -0.4 is 5.32 Å². The molecule has 0 spiro atoms. The molecule has 0 saturated heterocycles. The maximum atomic E-state index is 12.0. The molecule has 2 nitrogen and oxygen atoms in total. The number of carbonyl (C=O) groups excluding carboxylic acids is 1. The molecule has 4 atom stereocenters. The summed E-state index contributed by atoms with van der Waals surface area (Å²) in [5.41, 5.74) is 0. The van der Waals surface area contributed by atoms with E-state index in [2.05, 4.69) is 28.2 Å². The van der Waals surface area contributed by atoms with Gasteiger partial charge >= 0.3 is 0 Å². The van der Waals surface area contributed by atoms with E-state index in [1.165, 1.54) is 25.7 Å². The second kappa shape index (κ2) is 4.86. The maximum Gasteiger partial charge on any atom is 0.223 e. The van der Waals surface area contributed by atoms with Gasteiger partial charge < -0.3 is 5.32 Å². The topological polar surface area (TPSA) is 29.1 Å². The van der Waals surface area contributed by atoms with E-state index < -0.39 is 0 Å². The zero-order chi connectivity index (χ0) is 10.8. The van der Waals surface area contributed by atoms with Gasteiger partial charge in [-0.15, -0.1) is 0 Å². The lowest BCUT2D eigenvalue weighted by atomic mass is 9.97. The van der Waals surface area contributed by atoms with E-state index in [9.17, 15) is 4.79 Å². The van der Waals surface area contributed by atoms with Crippen molar-refractivity contribution in [2.24, 2.45) is 11.8 Å². The summed E-state index contributed by atoms with van der Waals surface area (Å²) in [6, 6.07) is 0.380. The Morgan fingerprint density at radius 2 is 1.93 bits per heavy atom. The van der Waals surface area contributed by atoms with Crippen LogP contribution >= 0.6 is 15.9 Å². The Morgan fingerprint density at radius 3 is 2.47 bits per heavy atom. The molecule has 0 aromatic rings. The molecule has 0 bridgehead atoms. The predicted molar refractivity (Wildman–Crippen MR) is 65.0 cm³/mol. The normalized spacial score (nSPS) is 40.7. The highest BCUT2D eigenvalue weighted by Gasteiger charge is 2.33. The van der Waals surface area contributed by atoms with E-state index in [4.69, 9.17) is 0 Å². The highest BCUT2D eigenvalue weighted by atomic mass is 79.9. The molecule has 1 N–H and O–H groups in total. The lowest BCUT2D eigenvalue weighted by molar-refractivity contribution is -0.126. The van der Waals surface area contributed by atoms with Gasteiger partial charge in [-0.3, -0.25) is 4.79 Å². The van der Waals surface area contributed by atoms with Crippen molar-refractivity contribution in [2.45, 2.75) is 56.3 Å². The van der Waals surface area contributed by atoms with Crippen LogP contribution in [0.15, 0.2) is 0 Å². The standard InChI is InChI=1S/C12H20BrNO/c1-8-4-2-5-9(8)12(15)14-11-7-3-6-10(11)13/h8-11H,2-7H2,1H3,(H,14,15). The Kier molecular flexibility index (Phi) is 3.70. The van der Waals surface area contributed by atoms with Gasteiger partial charge in [0, 0.05) is 16.8 Å². The Balaban J connectivity index is 1.86. The van der Waals surface area contributed by atoms with Crippen LogP contribution in [0.5, 0.6) is 0 Å². The second-order valence-electron chi connectivity index (χ2n) is 5.08. The fourth-order valence-corrected chi connectivity index (χ4v) is 3.62. The molecule has 0 heterocycles. The van der Waals surface area contributed by atoms with Crippen LogP contribution in [-0.2, 0) is 4.79 Å². The summed E-state index contributed by atoms with van der Waals surface area (Å²) in [5.74, 6) is 1.17. The lowest BCUT2D eigenvalue weighted by Gasteiger charge is -2.21. The molecule has 0 aromatic carbocycles. The molecule has 2 aliphatic rings. The molecule has 2 saturated carbocycles. The quantitative estimate of drug-likeness (QED) is 0.771. The van der Waals surface area contributed by atoms with Crippen LogP contribution in [0, 0.1) is 11.8 Å². The van der Waals surface area contributed by atoms with Gasteiger partial charge in [-0.1, -0.05) is 35.7 Å². The van der Waals surface area contributed by atoms with Gasteiger partial charge in [-0.2, -0.15) is 0 Å². The summed E-state index contributed by atoms with van der Waals surface area (Å²) < 4.78 is 0. The molecule has 0 aliphatic heterocycles. The number of rotatable bonds is 2. The van der Waals surface area contributed by atoms with Crippen LogP contribution in [0.4, 0.5) is 0 Å². The summed E-state index contributed by atoms with van der Waals surface area (Å²) in [7, 11) is 0. The smallest absolute Gasteiger partial charge is 0.223 e. The minimum absolute atomic E-state index is 0.283. The molecule has 86 valence electrons. The molecular formula is C12H20BrNO. The highest BCUT2D eigenvalue weighted by molar-refractivity contribution is 9.09. The third-order valence-electron chi connectivity index (χ3n) is 3.96. The Hall–Kier alpha value is -0.0500. The van der Waals surface area contributed by atoms with Gasteiger partial charge in [-0.25, -0.2) is 0 Å². The van der Waals surface area contributed by atoms with Crippen LogP contribution in [0.2, 0.25) is 0 Å². The number of alkyl halides is 1. The van der Waals surface area contributed by atoms with Gasteiger partial charge in [0.1, 0.15) is 0 Å². The SMILES string of the molecule is CC1CCCC1C(=O)NC1CCCC1Br. The van der Waals surface area contributed by atoms with Gasteiger partial charge in [0.05, 0.1) is 0 Å². The van der Waals surface area contributed by atoms with Gasteiger partial charge in [-0.05, 0) is 31.6 Å². The van der Waals surface area contributed by atoms with Crippen LogP contribution in [0.25, 0.3) is 0 Å². The zero-order valence-electron chi connectivity index (χ0n) is 9.34. The van der Waals surface area contributed by atoms with Gasteiger partial charge in [0.2, 0.25) is 5.91 Å². The van der Waals surface area contributed by atoms with Gasteiger partial charge in [0.25, 0.3) is 0 Å². The van der Waals surface area contributed by atoms with Crippen LogP contribution in [-0.4, -0.2) is 16.8 Å². The molecule has 4 unspecified atom stereocenters. The molecule has 0 aromatic heterocycles. The average molecular weight is 274 g/mol. The van der Waals surface area contributed by atoms with Crippen LogP contribution in [0.3, 0.4) is 0 Å². The number of amides is 1. The molecule has 2 aliphatic carbocycles. The van der Waals surface area contributed by atoms with E-state index in [0.717, 1.165) is 12.8 Å². The average Bonchev–Trinajstić information content (AvgIpc) is 2.76. The van der Waals surface area contributed by atoms with Crippen molar-refractivity contribution in [1.82, 2.24) is 5.32 Å². The number of carbonyl (C=O) groups is 1. The molecule has 15 heavy (non-hydrogen) atoms. The maximum absolute atomic E-state index is 12.0. The first kappa shape index (κ1) is 11.4. The fraction of sp³-hybridized carbons (Fsp3) is 0.917. The monoisotopic (exact) mass is 273 g/mol.